The lowest BCUT2D eigenvalue weighted by Gasteiger charge is -2.07. The molecule has 4 nitrogen and oxygen atoms in total. The highest BCUT2D eigenvalue weighted by Crippen LogP contribution is 2.33. The molecule has 108 valence electrons. The van der Waals surface area contributed by atoms with Crippen LogP contribution < -0.4 is 10.5 Å². The third-order valence-corrected chi connectivity index (χ3v) is 4.49. The number of fused-ring (bicyclic) bond motifs is 1. The number of hydrogen-bond acceptors (Lipinski definition) is 5. The van der Waals surface area contributed by atoms with Gasteiger partial charge in [-0.25, -0.2) is 4.98 Å². The SMILES string of the molecule is CCc1ccc(Oc2nc(N)nc3sc(CC)cc23)cc1. The Balaban J connectivity index is 2.00. The number of benzene rings is 1. The Morgan fingerprint density at radius 2 is 1.86 bits per heavy atom. The van der Waals surface area contributed by atoms with Crippen molar-refractivity contribution in [3.63, 3.8) is 0 Å². The van der Waals surface area contributed by atoms with Crippen molar-refractivity contribution < 1.29 is 4.74 Å². The fraction of sp³-hybridized carbons (Fsp3) is 0.250. The maximum Gasteiger partial charge on any atom is 0.232 e. The molecule has 0 saturated heterocycles. The minimum Gasteiger partial charge on any atom is -0.438 e. The zero-order valence-electron chi connectivity index (χ0n) is 12.1. The van der Waals surface area contributed by atoms with E-state index in [1.807, 2.05) is 12.1 Å². The van der Waals surface area contributed by atoms with E-state index in [1.165, 1.54) is 10.4 Å². The van der Waals surface area contributed by atoms with Crippen molar-refractivity contribution in [3.05, 3.63) is 40.8 Å². The van der Waals surface area contributed by atoms with E-state index in [9.17, 15) is 0 Å². The maximum absolute atomic E-state index is 5.91. The van der Waals surface area contributed by atoms with Crippen LogP contribution in [0.4, 0.5) is 5.95 Å². The summed E-state index contributed by atoms with van der Waals surface area (Å²) in [4.78, 5) is 10.6. The lowest BCUT2D eigenvalue weighted by atomic mass is 10.2. The van der Waals surface area contributed by atoms with Gasteiger partial charge in [0.15, 0.2) is 0 Å². The number of anilines is 1. The monoisotopic (exact) mass is 299 g/mol. The number of rotatable bonds is 4. The molecule has 2 heterocycles. The molecule has 0 bridgehead atoms. The number of aryl methyl sites for hydroxylation is 2. The summed E-state index contributed by atoms with van der Waals surface area (Å²) < 4.78 is 5.91. The molecule has 0 atom stereocenters. The Morgan fingerprint density at radius 3 is 2.52 bits per heavy atom. The first-order valence-electron chi connectivity index (χ1n) is 7.02. The molecule has 0 aliphatic rings. The van der Waals surface area contributed by atoms with E-state index >= 15 is 0 Å². The number of hydrogen-bond donors (Lipinski definition) is 1. The van der Waals surface area contributed by atoms with Gasteiger partial charge in [-0.1, -0.05) is 26.0 Å². The summed E-state index contributed by atoms with van der Waals surface area (Å²) in [6, 6.07) is 10.1. The van der Waals surface area contributed by atoms with E-state index in [0.717, 1.165) is 28.8 Å². The molecule has 0 aliphatic heterocycles. The first-order chi connectivity index (χ1) is 10.2. The van der Waals surface area contributed by atoms with Crippen molar-refractivity contribution in [2.45, 2.75) is 26.7 Å². The van der Waals surface area contributed by atoms with E-state index in [1.54, 1.807) is 11.3 Å². The highest BCUT2D eigenvalue weighted by molar-refractivity contribution is 7.18. The van der Waals surface area contributed by atoms with Gasteiger partial charge in [-0.15, -0.1) is 11.3 Å². The molecular formula is C16H17N3OS. The summed E-state index contributed by atoms with van der Waals surface area (Å²) in [6.45, 7) is 4.24. The number of nitrogens with two attached hydrogens (primary N) is 1. The van der Waals surface area contributed by atoms with Crippen LogP contribution in [0.25, 0.3) is 10.2 Å². The van der Waals surface area contributed by atoms with Gasteiger partial charge in [-0.2, -0.15) is 4.98 Å². The van der Waals surface area contributed by atoms with Crippen molar-refractivity contribution in [3.8, 4) is 11.6 Å². The Bertz CT molecular complexity index is 765. The highest BCUT2D eigenvalue weighted by atomic mass is 32.1. The molecule has 0 fully saturated rings. The molecule has 0 aliphatic carbocycles. The zero-order valence-corrected chi connectivity index (χ0v) is 12.9. The molecule has 5 heteroatoms. The van der Waals surface area contributed by atoms with Crippen LogP contribution in [0.1, 0.15) is 24.3 Å². The smallest absolute Gasteiger partial charge is 0.232 e. The maximum atomic E-state index is 5.91. The first kappa shape index (κ1) is 13.8. The summed E-state index contributed by atoms with van der Waals surface area (Å²) in [7, 11) is 0. The van der Waals surface area contributed by atoms with Gasteiger partial charge in [0.2, 0.25) is 11.8 Å². The Hall–Kier alpha value is -2.14. The van der Waals surface area contributed by atoms with Gasteiger partial charge >= 0.3 is 0 Å². The second-order valence-corrected chi connectivity index (χ2v) is 5.89. The third-order valence-electron chi connectivity index (χ3n) is 3.32. The lowest BCUT2D eigenvalue weighted by molar-refractivity contribution is 0.469. The van der Waals surface area contributed by atoms with Gasteiger partial charge in [0.1, 0.15) is 10.6 Å². The molecule has 0 saturated carbocycles. The number of nitrogens with zero attached hydrogens (tertiary/aromatic N) is 2. The Morgan fingerprint density at radius 1 is 1.10 bits per heavy atom. The average molecular weight is 299 g/mol. The van der Waals surface area contributed by atoms with Gasteiger partial charge in [-0.05, 0) is 36.6 Å². The van der Waals surface area contributed by atoms with Crippen LogP contribution in [0, 0.1) is 0 Å². The summed E-state index contributed by atoms with van der Waals surface area (Å²) in [6.07, 6.45) is 1.97. The molecule has 2 N–H and O–H groups in total. The van der Waals surface area contributed by atoms with E-state index < -0.39 is 0 Å². The zero-order chi connectivity index (χ0) is 14.8. The largest absolute Gasteiger partial charge is 0.438 e. The van der Waals surface area contributed by atoms with Crippen molar-refractivity contribution in [2.75, 3.05) is 5.73 Å². The van der Waals surface area contributed by atoms with Crippen molar-refractivity contribution in [1.82, 2.24) is 9.97 Å². The quantitative estimate of drug-likeness (QED) is 0.784. The minimum atomic E-state index is 0.243. The summed E-state index contributed by atoms with van der Waals surface area (Å²) in [5.74, 6) is 1.53. The van der Waals surface area contributed by atoms with Crippen molar-refractivity contribution >= 4 is 27.5 Å². The molecule has 3 rings (SSSR count). The molecule has 2 aromatic heterocycles. The predicted molar refractivity (Wildman–Crippen MR) is 87.1 cm³/mol. The molecule has 3 aromatic rings. The molecule has 0 spiro atoms. The van der Waals surface area contributed by atoms with E-state index in [2.05, 4.69) is 42.0 Å². The summed E-state index contributed by atoms with van der Waals surface area (Å²) in [5, 5.41) is 0.922. The second kappa shape index (κ2) is 5.69. The number of nitrogen functional groups attached to an aromatic ring is 1. The van der Waals surface area contributed by atoms with Crippen LogP contribution in [0.5, 0.6) is 11.6 Å². The van der Waals surface area contributed by atoms with Gasteiger partial charge in [-0.3, -0.25) is 0 Å². The van der Waals surface area contributed by atoms with Gasteiger partial charge in [0, 0.05) is 4.88 Å². The number of thiophene rings is 1. The van der Waals surface area contributed by atoms with Crippen molar-refractivity contribution in [2.24, 2.45) is 0 Å². The van der Waals surface area contributed by atoms with Gasteiger partial charge in [0.25, 0.3) is 0 Å². The van der Waals surface area contributed by atoms with Crippen LogP contribution in [-0.2, 0) is 12.8 Å². The molecule has 0 unspecified atom stereocenters. The van der Waals surface area contributed by atoms with Crippen LogP contribution in [0.15, 0.2) is 30.3 Å². The van der Waals surface area contributed by atoms with Gasteiger partial charge in [0.05, 0.1) is 5.39 Å². The highest BCUT2D eigenvalue weighted by Gasteiger charge is 2.12. The summed E-state index contributed by atoms with van der Waals surface area (Å²) >= 11 is 1.63. The topological polar surface area (TPSA) is 61.0 Å². The second-order valence-electron chi connectivity index (χ2n) is 4.77. The fourth-order valence-electron chi connectivity index (χ4n) is 2.12. The van der Waals surface area contributed by atoms with Gasteiger partial charge < -0.3 is 10.5 Å². The molecular weight excluding hydrogens is 282 g/mol. The third kappa shape index (κ3) is 2.83. The minimum absolute atomic E-state index is 0.243. The van der Waals surface area contributed by atoms with Crippen LogP contribution >= 0.6 is 11.3 Å². The first-order valence-corrected chi connectivity index (χ1v) is 7.84. The van der Waals surface area contributed by atoms with Crippen molar-refractivity contribution in [1.29, 1.82) is 0 Å². The average Bonchev–Trinajstić information content (AvgIpc) is 2.91. The molecule has 21 heavy (non-hydrogen) atoms. The number of aromatic nitrogens is 2. The normalized spacial score (nSPS) is 11.0. The van der Waals surface area contributed by atoms with E-state index in [-0.39, 0.29) is 5.95 Å². The van der Waals surface area contributed by atoms with Crippen LogP contribution in [0.3, 0.4) is 0 Å². The number of ether oxygens (including phenoxy) is 1. The van der Waals surface area contributed by atoms with Crippen LogP contribution in [-0.4, -0.2) is 9.97 Å². The fourth-order valence-corrected chi connectivity index (χ4v) is 3.08. The van der Waals surface area contributed by atoms with E-state index in [4.69, 9.17) is 10.5 Å². The Labute approximate surface area is 127 Å². The Kier molecular flexibility index (Phi) is 3.75. The van der Waals surface area contributed by atoms with E-state index in [0.29, 0.717) is 5.88 Å². The molecule has 1 aromatic carbocycles. The standard InChI is InChI=1S/C16H17N3OS/c1-3-10-5-7-11(8-6-10)20-14-13-9-12(4-2)21-15(13)19-16(17)18-14/h5-9H,3-4H2,1-2H3,(H2,17,18,19). The summed E-state index contributed by atoms with van der Waals surface area (Å²) in [5.41, 5.74) is 7.06. The lowest BCUT2D eigenvalue weighted by Crippen LogP contribution is -1.97. The predicted octanol–water partition coefficient (Wildman–Crippen LogP) is 4.19. The molecule has 0 amide bonds. The molecule has 0 radical (unpaired) electrons. The van der Waals surface area contributed by atoms with Crippen LogP contribution in [0.2, 0.25) is 0 Å².